The molecule has 0 radical (unpaired) electrons. The van der Waals surface area contributed by atoms with Gasteiger partial charge >= 0.3 is 0 Å². The number of guanidine groups is 1. The molecule has 4 heterocycles. The SMILES string of the molecule is CN=C(NCC1CCc2nnc(C)n2C1)N1CCN(Cc2cc(C)on2)CC1. The summed E-state index contributed by atoms with van der Waals surface area (Å²) >= 11 is 0. The molecule has 2 aliphatic heterocycles. The molecule has 28 heavy (non-hydrogen) atoms. The van der Waals surface area contributed by atoms with Crippen LogP contribution in [0.5, 0.6) is 0 Å². The van der Waals surface area contributed by atoms with E-state index in [1.807, 2.05) is 27.0 Å². The molecule has 1 saturated heterocycles. The predicted octanol–water partition coefficient (Wildman–Crippen LogP) is 0.839. The first-order valence-electron chi connectivity index (χ1n) is 10.1. The molecule has 1 atom stereocenters. The number of nitrogens with one attached hydrogen (secondary N) is 1. The molecule has 9 nitrogen and oxygen atoms in total. The van der Waals surface area contributed by atoms with E-state index < -0.39 is 0 Å². The van der Waals surface area contributed by atoms with Crippen LogP contribution in [0.2, 0.25) is 0 Å². The molecule has 2 aliphatic rings. The van der Waals surface area contributed by atoms with Crippen LogP contribution in [-0.2, 0) is 19.5 Å². The van der Waals surface area contributed by atoms with Crippen LogP contribution in [-0.4, -0.2) is 75.5 Å². The summed E-state index contributed by atoms with van der Waals surface area (Å²) in [5.41, 5.74) is 1.01. The van der Waals surface area contributed by atoms with E-state index in [-0.39, 0.29) is 0 Å². The molecule has 9 heteroatoms. The number of fused-ring (bicyclic) bond motifs is 1. The first-order chi connectivity index (χ1) is 13.6. The Morgan fingerprint density at radius 2 is 2.07 bits per heavy atom. The van der Waals surface area contributed by atoms with Gasteiger partial charge in [0.25, 0.3) is 0 Å². The molecule has 152 valence electrons. The summed E-state index contributed by atoms with van der Waals surface area (Å²) in [7, 11) is 1.87. The highest BCUT2D eigenvalue weighted by Crippen LogP contribution is 2.19. The fourth-order valence-corrected chi connectivity index (χ4v) is 4.10. The maximum Gasteiger partial charge on any atom is 0.193 e. The molecule has 4 rings (SSSR count). The van der Waals surface area contributed by atoms with Crippen molar-refractivity contribution >= 4 is 5.96 Å². The van der Waals surface area contributed by atoms with Gasteiger partial charge in [-0.05, 0) is 26.2 Å². The highest BCUT2D eigenvalue weighted by molar-refractivity contribution is 5.80. The Labute approximate surface area is 165 Å². The minimum absolute atomic E-state index is 0.579. The molecule has 0 aliphatic carbocycles. The van der Waals surface area contributed by atoms with E-state index in [9.17, 15) is 0 Å². The lowest BCUT2D eigenvalue weighted by Crippen LogP contribution is -2.53. The van der Waals surface area contributed by atoms with Crippen LogP contribution in [0.15, 0.2) is 15.6 Å². The lowest BCUT2D eigenvalue weighted by atomic mass is 9.99. The lowest BCUT2D eigenvalue weighted by Gasteiger charge is -2.36. The van der Waals surface area contributed by atoms with Gasteiger partial charge in [-0.25, -0.2) is 0 Å². The van der Waals surface area contributed by atoms with Gasteiger partial charge in [-0.1, -0.05) is 5.16 Å². The largest absolute Gasteiger partial charge is 0.361 e. The molecule has 2 aromatic rings. The molecule has 0 saturated carbocycles. The summed E-state index contributed by atoms with van der Waals surface area (Å²) in [5, 5.41) is 16.2. The van der Waals surface area contributed by atoms with E-state index in [1.165, 1.54) is 0 Å². The summed E-state index contributed by atoms with van der Waals surface area (Å²) < 4.78 is 7.42. The van der Waals surface area contributed by atoms with E-state index in [4.69, 9.17) is 4.52 Å². The molecule has 0 amide bonds. The van der Waals surface area contributed by atoms with E-state index >= 15 is 0 Å². The van der Waals surface area contributed by atoms with Crippen molar-refractivity contribution in [2.45, 2.75) is 39.8 Å². The average Bonchev–Trinajstić information content (AvgIpc) is 3.29. The third-order valence-electron chi connectivity index (χ3n) is 5.72. The minimum Gasteiger partial charge on any atom is -0.361 e. The topological polar surface area (TPSA) is 87.6 Å². The number of piperazine rings is 1. The van der Waals surface area contributed by atoms with Gasteiger partial charge in [0.2, 0.25) is 0 Å². The van der Waals surface area contributed by atoms with Gasteiger partial charge in [-0.15, -0.1) is 10.2 Å². The number of hydrogen-bond donors (Lipinski definition) is 1. The number of aliphatic imine (C=N–C) groups is 1. The van der Waals surface area contributed by atoms with Gasteiger partial charge in [-0.2, -0.15) is 0 Å². The number of nitrogens with zero attached hydrogens (tertiary/aromatic N) is 7. The molecule has 1 unspecified atom stereocenters. The monoisotopic (exact) mass is 386 g/mol. The highest BCUT2D eigenvalue weighted by Gasteiger charge is 2.24. The van der Waals surface area contributed by atoms with Crippen molar-refractivity contribution in [2.24, 2.45) is 10.9 Å². The molecule has 2 aromatic heterocycles. The van der Waals surface area contributed by atoms with Crippen molar-refractivity contribution in [3.8, 4) is 0 Å². The van der Waals surface area contributed by atoms with E-state index in [1.54, 1.807) is 0 Å². The van der Waals surface area contributed by atoms with E-state index in [0.29, 0.717) is 5.92 Å². The van der Waals surface area contributed by atoms with Gasteiger partial charge in [0.15, 0.2) is 5.96 Å². The van der Waals surface area contributed by atoms with Crippen molar-refractivity contribution in [2.75, 3.05) is 39.8 Å². The first-order valence-corrected chi connectivity index (χ1v) is 10.1. The summed E-state index contributed by atoms with van der Waals surface area (Å²) in [6, 6.07) is 2.01. The smallest absolute Gasteiger partial charge is 0.193 e. The molecular weight excluding hydrogens is 356 g/mol. The van der Waals surface area contributed by atoms with Crippen LogP contribution in [0.25, 0.3) is 0 Å². The van der Waals surface area contributed by atoms with Gasteiger partial charge in [0.05, 0.1) is 5.69 Å². The van der Waals surface area contributed by atoms with Crippen LogP contribution in [0.3, 0.4) is 0 Å². The fraction of sp³-hybridized carbons (Fsp3) is 0.684. The number of aryl methyl sites for hydroxylation is 3. The predicted molar refractivity (Wildman–Crippen MR) is 106 cm³/mol. The second-order valence-electron chi connectivity index (χ2n) is 7.80. The van der Waals surface area contributed by atoms with Crippen LogP contribution in [0.4, 0.5) is 0 Å². The average molecular weight is 387 g/mol. The van der Waals surface area contributed by atoms with Gasteiger partial charge in [0.1, 0.15) is 17.4 Å². The van der Waals surface area contributed by atoms with Gasteiger partial charge in [0, 0.05) is 65.3 Å². The zero-order valence-electron chi connectivity index (χ0n) is 17.1. The van der Waals surface area contributed by atoms with Gasteiger partial charge in [-0.3, -0.25) is 9.89 Å². The zero-order chi connectivity index (χ0) is 19.5. The van der Waals surface area contributed by atoms with Crippen molar-refractivity contribution in [1.82, 2.24) is 35.0 Å². The summed E-state index contributed by atoms with van der Waals surface area (Å²) in [6.07, 6.45) is 2.15. The molecule has 1 N–H and O–H groups in total. The molecular formula is C19H30N8O. The maximum atomic E-state index is 5.17. The molecule has 0 spiro atoms. The number of hydrogen-bond acceptors (Lipinski definition) is 6. The highest BCUT2D eigenvalue weighted by atomic mass is 16.5. The van der Waals surface area contributed by atoms with Crippen molar-refractivity contribution in [3.05, 3.63) is 29.2 Å². The Morgan fingerprint density at radius 3 is 2.79 bits per heavy atom. The molecule has 0 aromatic carbocycles. The Bertz CT molecular complexity index is 818. The van der Waals surface area contributed by atoms with Gasteiger partial charge < -0.3 is 19.3 Å². The Balaban J connectivity index is 1.24. The minimum atomic E-state index is 0.579. The second kappa shape index (κ2) is 8.30. The molecule has 1 fully saturated rings. The van der Waals surface area contributed by atoms with Crippen molar-refractivity contribution in [1.29, 1.82) is 0 Å². The quantitative estimate of drug-likeness (QED) is 0.615. The third-order valence-corrected chi connectivity index (χ3v) is 5.72. The van der Waals surface area contributed by atoms with E-state index in [2.05, 4.69) is 40.0 Å². The summed E-state index contributed by atoms with van der Waals surface area (Å²) in [5.74, 6) is 4.59. The summed E-state index contributed by atoms with van der Waals surface area (Å²) in [6.45, 7) is 10.7. The maximum absolute atomic E-state index is 5.17. The standard InChI is InChI=1S/C19H30N8O/c1-14-10-17(24-28-14)13-25-6-8-26(9-7-25)19(20-3)21-11-16-4-5-18-23-22-15(2)27(18)12-16/h10,16H,4-9,11-13H2,1-3H3,(H,20,21). The van der Waals surface area contributed by atoms with Crippen LogP contribution >= 0.6 is 0 Å². The second-order valence-corrected chi connectivity index (χ2v) is 7.80. The van der Waals surface area contributed by atoms with Crippen molar-refractivity contribution in [3.63, 3.8) is 0 Å². The Hall–Kier alpha value is -2.42. The fourth-order valence-electron chi connectivity index (χ4n) is 4.10. The third kappa shape index (κ3) is 4.19. The van der Waals surface area contributed by atoms with Crippen molar-refractivity contribution < 1.29 is 4.52 Å². The van der Waals surface area contributed by atoms with E-state index in [0.717, 1.165) is 87.7 Å². The first kappa shape index (κ1) is 18.9. The lowest BCUT2D eigenvalue weighted by molar-refractivity contribution is 0.168. The number of aromatic nitrogens is 4. The summed E-state index contributed by atoms with van der Waals surface area (Å²) in [4.78, 5) is 9.28. The number of rotatable bonds is 4. The Morgan fingerprint density at radius 1 is 1.25 bits per heavy atom. The normalized spacial score (nSPS) is 21.0. The molecule has 0 bridgehead atoms. The van der Waals surface area contributed by atoms with Crippen LogP contribution < -0.4 is 5.32 Å². The van der Waals surface area contributed by atoms with Crippen LogP contribution in [0, 0.1) is 19.8 Å². The Kier molecular flexibility index (Phi) is 5.61. The van der Waals surface area contributed by atoms with Crippen LogP contribution in [0.1, 0.15) is 29.5 Å². The zero-order valence-corrected chi connectivity index (χ0v) is 17.1.